The lowest BCUT2D eigenvalue weighted by atomic mass is 10.2. The molecule has 0 saturated heterocycles. The Balaban J connectivity index is 2.03. The van der Waals surface area contributed by atoms with E-state index in [-0.39, 0.29) is 11.4 Å². The van der Waals surface area contributed by atoms with E-state index in [1.165, 1.54) is 11.3 Å². The standard InChI is InChI=1S/C12H13FN4OS/c1-2-8-5-15-10(19-8)6-17-12(18)9-3-7(13)4-16-11(9)14/h3-5H,2,6H2,1H3,(H2,14,16)(H,17,18). The molecule has 7 heteroatoms. The fourth-order valence-corrected chi connectivity index (χ4v) is 2.28. The number of pyridine rings is 1. The van der Waals surface area contributed by atoms with Crippen LogP contribution in [0.5, 0.6) is 0 Å². The van der Waals surface area contributed by atoms with Crippen LogP contribution in [0.1, 0.15) is 27.2 Å². The minimum atomic E-state index is -0.595. The summed E-state index contributed by atoms with van der Waals surface area (Å²) in [7, 11) is 0. The molecule has 5 nitrogen and oxygen atoms in total. The van der Waals surface area contributed by atoms with E-state index in [0.29, 0.717) is 6.54 Å². The van der Waals surface area contributed by atoms with Crippen LogP contribution in [-0.4, -0.2) is 15.9 Å². The Morgan fingerprint density at radius 3 is 2.95 bits per heavy atom. The number of carbonyl (C=O) groups is 1. The van der Waals surface area contributed by atoms with E-state index in [9.17, 15) is 9.18 Å². The summed E-state index contributed by atoms with van der Waals surface area (Å²) in [6.07, 6.45) is 3.66. The molecule has 0 fully saturated rings. The third-order valence-electron chi connectivity index (χ3n) is 2.48. The molecule has 19 heavy (non-hydrogen) atoms. The highest BCUT2D eigenvalue weighted by Gasteiger charge is 2.12. The number of aromatic nitrogens is 2. The summed E-state index contributed by atoms with van der Waals surface area (Å²) in [5.41, 5.74) is 5.57. The highest BCUT2D eigenvalue weighted by molar-refractivity contribution is 7.11. The predicted octanol–water partition coefficient (Wildman–Crippen LogP) is 1.75. The SMILES string of the molecule is CCc1cnc(CNC(=O)c2cc(F)cnc2N)s1. The fourth-order valence-electron chi connectivity index (χ4n) is 1.48. The summed E-state index contributed by atoms with van der Waals surface area (Å²) >= 11 is 1.53. The third kappa shape index (κ3) is 3.25. The summed E-state index contributed by atoms with van der Waals surface area (Å²) < 4.78 is 13.0. The van der Waals surface area contributed by atoms with Gasteiger partial charge in [0.15, 0.2) is 0 Å². The Bertz CT molecular complexity index is 599. The Kier molecular flexibility index (Phi) is 4.06. The number of hydrogen-bond donors (Lipinski definition) is 2. The zero-order chi connectivity index (χ0) is 13.8. The molecule has 0 unspecified atom stereocenters. The Morgan fingerprint density at radius 2 is 2.26 bits per heavy atom. The lowest BCUT2D eigenvalue weighted by molar-refractivity contribution is 0.0951. The molecule has 0 atom stereocenters. The van der Waals surface area contributed by atoms with Crippen molar-refractivity contribution < 1.29 is 9.18 Å². The second-order valence-electron chi connectivity index (χ2n) is 3.84. The van der Waals surface area contributed by atoms with Crippen molar-refractivity contribution in [1.82, 2.24) is 15.3 Å². The highest BCUT2D eigenvalue weighted by Crippen LogP contribution is 2.14. The van der Waals surface area contributed by atoms with Crippen molar-refractivity contribution >= 4 is 23.1 Å². The fraction of sp³-hybridized carbons (Fsp3) is 0.250. The van der Waals surface area contributed by atoms with Crippen LogP contribution in [0, 0.1) is 5.82 Å². The van der Waals surface area contributed by atoms with Gasteiger partial charge in [-0.2, -0.15) is 0 Å². The van der Waals surface area contributed by atoms with Crippen molar-refractivity contribution in [2.24, 2.45) is 0 Å². The van der Waals surface area contributed by atoms with Gasteiger partial charge in [-0.3, -0.25) is 4.79 Å². The summed E-state index contributed by atoms with van der Waals surface area (Å²) in [5, 5.41) is 3.44. The van der Waals surface area contributed by atoms with Crippen molar-refractivity contribution in [2.75, 3.05) is 5.73 Å². The molecular formula is C12H13FN4OS. The maximum Gasteiger partial charge on any atom is 0.255 e. The van der Waals surface area contributed by atoms with Crippen LogP contribution < -0.4 is 11.1 Å². The van der Waals surface area contributed by atoms with Gasteiger partial charge in [-0.05, 0) is 12.5 Å². The monoisotopic (exact) mass is 280 g/mol. The van der Waals surface area contributed by atoms with Crippen LogP contribution in [0.15, 0.2) is 18.5 Å². The topological polar surface area (TPSA) is 80.9 Å². The summed E-state index contributed by atoms with van der Waals surface area (Å²) in [6.45, 7) is 2.33. The van der Waals surface area contributed by atoms with Gasteiger partial charge in [-0.15, -0.1) is 11.3 Å². The molecule has 0 spiro atoms. The number of nitrogens with one attached hydrogen (secondary N) is 1. The number of amides is 1. The maximum absolute atomic E-state index is 13.0. The van der Waals surface area contributed by atoms with Crippen LogP contribution in [0.25, 0.3) is 0 Å². The van der Waals surface area contributed by atoms with E-state index < -0.39 is 11.7 Å². The quantitative estimate of drug-likeness (QED) is 0.894. The van der Waals surface area contributed by atoms with E-state index >= 15 is 0 Å². The first kappa shape index (κ1) is 13.4. The number of hydrogen-bond acceptors (Lipinski definition) is 5. The van der Waals surface area contributed by atoms with Gasteiger partial charge in [-0.1, -0.05) is 6.92 Å². The number of carbonyl (C=O) groups excluding carboxylic acids is 1. The maximum atomic E-state index is 13.0. The Hall–Kier alpha value is -2.02. The highest BCUT2D eigenvalue weighted by atomic mass is 32.1. The molecule has 2 aromatic rings. The molecule has 0 radical (unpaired) electrons. The third-order valence-corrected chi connectivity index (χ3v) is 3.62. The molecule has 0 bridgehead atoms. The van der Waals surface area contributed by atoms with Crippen LogP contribution >= 0.6 is 11.3 Å². The first-order valence-corrected chi connectivity index (χ1v) is 6.54. The van der Waals surface area contributed by atoms with Crippen molar-refractivity contribution in [1.29, 1.82) is 0 Å². The summed E-state index contributed by atoms with van der Waals surface area (Å²) in [5.74, 6) is -1.05. The largest absolute Gasteiger partial charge is 0.383 e. The van der Waals surface area contributed by atoms with E-state index in [1.54, 1.807) is 6.20 Å². The molecule has 0 aromatic carbocycles. The van der Waals surface area contributed by atoms with Gasteiger partial charge >= 0.3 is 0 Å². The molecular weight excluding hydrogens is 267 g/mol. The lowest BCUT2D eigenvalue weighted by Gasteiger charge is -2.05. The second kappa shape index (κ2) is 5.75. The molecule has 0 saturated carbocycles. The van der Waals surface area contributed by atoms with Crippen LogP contribution in [0.4, 0.5) is 10.2 Å². The van der Waals surface area contributed by atoms with E-state index in [2.05, 4.69) is 15.3 Å². The second-order valence-corrected chi connectivity index (χ2v) is 5.04. The summed E-state index contributed by atoms with van der Waals surface area (Å²) in [6, 6.07) is 1.07. The van der Waals surface area contributed by atoms with Gasteiger partial charge < -0.3 is 11.1 Å². The normalized spacial score (nSPS) is 10.4. The van der Waals surface area contributed by atoms with Gasteiger partial charge in [-0.25, -0.2) is 14.4 Å². The first-order chi connectivity index (χ1) is 9.10. The van der Waals surface area contributed by atoms with Crippen molar-refractivity contribution in [3.63, 3.8) is 0 Å². The van der Waals surface area contributed by atoms with Crippen LogP contribution in [-0.2, 0) is 13.0 Å². The predicted molar refractivity (Wildman–Crippen MR) is 71.3 cm³/mol. The van der Waals surface area contributed by atoms with E-state index in [0.717, 1.165) is 28.6 Å². The average Bonchev–Trinajstić information content (AvgIpc) is 2.87. The van der Waals surface area contributed by atoms with Crippen molar-refractivity contribution in [3.8, 4) is 0 Å². The number of anilines is 1. The number of nitrogens with zero attached hydrogens (tertiary/aromatic N) is 2. The van der Waals surface area contributed by atoms with Gasteiger partial charge in [0.1, 0.15) is 16.6 Å². The number of rotatable bonds is 4. The molecule has 0 aliphatic rings. The molecule has 0 aliphatic carbocycles. The van der Waals surface area contributed by atoms with Gasteiger partial charge in [0, 0.05) is 11.1 Å². The zero-order valence-electron chi connectivity index (χ0n) is 10.3. The van der Waals surface area contributed by atoms with Gasteiger partial charge in [0.25, 0.3) is 5.91 Å². The number of halogens is 1. The minimum absolute atomic E-state index is 0.00675. The Morgan fingerprint density at radius 1 is 1.47 bits per heavy atom. The lowest BCUT2D eigenvalue weighted by Crippen LogP contribution is -2.24. The molecule has 100 valence electrons. The average molecular weight is 280 g/mol. The minimum Gasteiger partial charge on any atom is -0.383 e. The van der Waals surface area contributed by atoms with Crippen molar-refractivity contribution in [2.45, 2.75) is 19.9 Å². The van der Waals surface area contributed by atoms with Gasteiger partial charge in [0.2, 0.25) is 0 Å². The zero-order valence-corrected chi connectivity index (χ0v) is 11.1. The number of nitrogen functional groups attached to an aromatic ring is 1. The first-order valence-electron chi connectivity index (χ1n) is 5.73. The molecule has 0 aliphatic heterocycles. The molecule has 3 N–H and O–H groups in total. The van der Waals surface area contributed by atoms with Gasteiger partial charge in [0.05, 0.1) is 18.3 Å². The molecule has 2 aromatic heterocycles. The summed E-state index contributed by atoms with van der Waals surface area (Å²) in [4.78, 5) is 20.8. The molecule has 1 amide bonds. The molecule has 2 rings (SSSR count). The smallest absolute Gasteiger partial charge is 0.255 e. The van der Waals surface area contributed by atoms with Crippen LogP contribution in [0.2, 0.25) is 0 Å². The van der Waals surface area contributed by atoms with E-state index in [1.807, 2.05) is 6.92 Å². The number of nitrogens with two attached hydrogens (primary N) is 1. The van der Waals surface area contributed by atoms with Crippen molar-refractivity contribution in [3.05, 3.63) is 39.7 Å². The number of aryl methyl sites for hydroxylation is 1. The number of thiazole rings is 1. The van der Waals surface area contributed by atoms with E-state index in [4.69, 9.17) is 5.73 Å². The van der Waals surface area contributed by atoms with Crippen LogP contribution in [0.3, 0.4) is 0 Å². The molecule has 2 heterocycles. The Labute approximate surface area is 113 Å².